The summed E-state index contributed by atoms with van der Waals surface area (Å²) >= 11 is 0. The fourth-order valence-corrected chi connectivity index (χ4v) is 3.34. The van der Waals surface area contributed by atoms with Crippen LogP contribution in [0.4, 0.5) is 21.6 Å². The van der Waals surface area contributed by atoms with Crippen molar-refractivity contribution in [2.75, 3.05) is 5.32 Å². The van der Waals surface area contributed by atoms with E-state index in [1.165, 1.54) is 6.07 Å². The van der Waals surface area contributed by atoms with Crippen molar-refractivity contribution in [1.29, 1.82) is 0 Å². The number of aromatic nitrogens is 1. The maximum Gasteiger partial charge on any atom is 0.315 e. The quantitative estimate of drug-likeness (QED) is 0.341. The van der Waals surface area contributed by atoms with Crippen LogP contribution in [0.15, 0.2) is 72.8 Å². The standard InChI is InChI=1S/C23H18FN3O2/c1-15-10-12-17(13-11-15)25-23-22(27(28)29)19(14-16-6-3-2-4-7-16)18-8-5-9-20(24)21(18)26-23/h2-13H,14H2,1H3,(H,25,26). The lowest BCUT2D eigenvalue weighted by Crippen LogP contribution is -2.06. The molecular formula is C23H18FN3O2. The van der Waals surface area contributed by atoms with Gasteiger partial charge in [-0.3, -0.25) is 10.1 Å². The van der Waals surface area contributed by atoms with Crippen LogP contribution in [-0.4, -0.2) is 9.91 Å². The molecule has 3 aromatic carbocycles. The molecule has 0 fully saturated rings. The molecule has 0 aliphatic heterocycles. The SMILES string of the molecule is Cc1ccc(Nc2nc3c(F)cccc3c(Cc3ccccc3)c2[N+](=O)[O-])cc1. The highest BCUT2D eigenvalue weighted by molar-refractivity contribution is 5.91. The van der Waals surface area contributed by atoms with E-state index in [4.69, 9.17) is 0 Å². The summed E-state index contributed by atoms with van der Waals surface area (Å²) in [4.78, 5) is 15.9. The molecule has 4 rings (SSSR count). The van der Waals surface area contributed by atoms with Gasteiger partial charge in [-0.05, 0) is 30.7 Å². The summed E-state index contributed by atoms with van der Waals surface area (Å²) in [6.45, 7) is 1.95. The smallest absolute Gasteiger partial charge is 0.315 e. The monoisotopic (exact) mass is 387 g/mol. The summed E-state index contributed by atoms with van der Waals surface area (Å²) in [6.07, 6.45) is 0.294. The molecule has 0 bridgehead atoms. The number of nitrogens with zero attached hydrogens (tertiary/aromatic N) is 2. The molecular weight excluding hydrogens is 369 g/mol. The number of aryl methyl sites for hydroxylation is 1. The maximum atomic E-state index is 14.5. The van der Waals surface area contributed by atoms with Gasteiger partial charge in [0.25, 0.3) is 0 Å². The number of hydrogen-bond donors (Lipinski definition) is 1. The highest BCUT2D eigenvalue weighted by Crippen LogP contribution is 2.37. The first kappa shape index (κ1) is 18.6. The average Bonchev–Trinajstić information content (AvgIpc) is 2.71. The summed E-state index contributed by atoms with van der Waals surface area (Å²) in [5.74, 6) is -0.485. The largest absolute Gasteiger partial charge is 0.334 e. The maximum absolute atomic E-state index is 14.5. The van der Waals surface area contributed by atoms with Gasteiger partial charge in [0.15, 0.2) is 0 Å². The third-order valence-electron chi connectivity index (χ3n) is 4.77. The second-order valence-electron chi connectivity index (χ2n) is 6.83. The van der Waals surface area contributed by atoms with Gasteiger partial charge < -0.3 is 5.32 Å². The molecule has 1 aromatic heterocycles. The Morgan fingerprint density at radius 3 is 2.41 bits per heavy atom. The van der Waals surface area contributed by atoms with E-state index in [0.717, 1.165) is 11.1 Å². The number of fused-ring (bicyclic) bond motifs is 1. The summed E-state index contributed by atoms with van der Waals surface area (Å²) in [6, 6.07) is 21.3. The van der Waals surface area contributed by atoms with Crippen LogP contribution in [0.1, 0.15) is 16.7 Å². The Kier molecular flexibility index (Phi) is 4.91. The molecule has 144 valence electrons. The Labute approximate surface area is 167 Å². The zero-order valence-corrected chi connectivity index (χ0v) is 15.7. The molecule has 0 aliphatic carbocycles. The number of nitro groups is 1. The predicted octanol–water partition coefficient (Wildman–Crippen LogP) is 5.92. The van der Waals surface area contributed by atoms with Crippen molar-refractivity contribution >= 4 is 28.1 Å². The van der Waals surface area contributed by atoms with E-state index in [1.807, 2.05) is 61.5 Å². The molecule has 4 aromatic rings. The minimum Gasteiger partial charge on any atom is -0.334 e. The number of nitrogens with one attached hydrogen (secondary N) is 1. The molecule has 0 saturated heterocycles. The molecule has 29 heavy (non-hydrogen) atoms. The lowest BCUT2D eigenvalue weighted by Gasteiger charge is -2.13. The summed E-state index contributed by atoms with van der Waals surface area (Å²) in [5, 5.41) is 15.5. The first-order valence-electron chi connectivity index (χ1n) is 9.16. The number of para-hydroxylation sites is 1. The van der Waals surface area contributed by atoms with E-state index < -0.39 is 10.7 Å². The molecule has 0 aliphatic rings. The van der Waals surface area contributed by atoms with Gasteiger partial charge in [0.05, 0.1) is 4.92 Å². The molecule has 0 radical (unpaired) electrons. The van der Waals surface area contributed by atoms with Gasteiger partial charge in [-0.15, -0.1) is 0 Å². The van der Waals surface area contributed by atoms with Crippen molar-refractivity contribution in [3.63, 3.8) is 0 Å². The number of halogens is 1. The summed E-state index contributed by atoms with van der Waals surface area (Å²) < 4.78 is 14.5. The predicted molar refractivity (Wildman–Crippen MR) is 112 cm³/mol. The van der Waals surface area contributed by atoms with Crippen LogP contribution in [0, 0.1) is 22.9 Å². The molecule has 0 unspecified atom stereocenters. The summed E-state index contributed by atoms with van der Waals surface area (Å²) in [5.41, 5.74) is 3.00. The van der Waals surface area contributed by atoms with Crippen molar-refractivity contribution in [2.24, 2.45) is 0 Å². The fourth-order valence-electron chi connectivity index (χ4n) is 3.34. The van der Waals surface area contributed by atoms with Crippen molar-refractivity contribution < 1.29 is 9.31 Å². The van der Waals surface area contributed by atoms with Crippen molar-refractivity contribution in [1.82, 2.24) is 4.98 Å². The molecule has 0 spiro atoms. The van der Waals surface area contributed by atoms with E-state index in [-0.39, 0.29) is 17.0 Å². The van der Waals surface area contributed by atoms with E-state index in [1.54, 1.807) is 12.1 Å². The fraction of sp³-hybridized carbons (Fsp3) is 0.0870. The van der Waals surface area contributed by atoms with Gasteiger partial charge in [-0.2, -0.15) is 0 Å². The Balaban J connectivity index is 1.94. The normalized spacial score (nSPS) is 10.8. The van der Waals surface area contributed by atoms with Gasteiger partial charge in [-0.25, -0.2) is 9.37 Å². The van der Waals surface area contributed by atoms with Gasteiger partial charge in [0.2, 0.25) is 5.82 Å². The minimum atomic E-state index is -0.515. The molecule has 0 atom stereocenters. The molecule has 1 heterocycles. The highest BCUT2D eigenvalue weighted by Gasteiger charge is 2.26. The third-order valence-corrected chi connectivity index (χ3v) is 4.77. The number of rotatable bonds is 5. The number of anilines is 2. The van der Waals surface area contributed by atoms with E-state index in [2.05, 4.69) is 10.3 Å². The molecule has 6 heteroatoms. The highest BCUT2D eigenvalue weighted by atomic mass is 19.1. The van der Waals surface area contributed by atoms with E-state index in [9.17, 15) is 14.5 Å². The molecule has 0 amide bonds. The third kappa shape index (κ3) is 3.78. The summed E-state index contributed by atoms with van der Waals surface area (Å²) in [7, 11) is 0. The topological polar surface area (TPSA) is 68.1 Å². The Hall–Kier alpha value is -3.80. The zero-order chi connectivity index (χ0) is 20.4. The van der Waals surface area contributed by atoms with Crippen molar-refractivity contribution in [2.45, 2.75) is 13.3 Å². The second kappa shape index (κ2) is 7.67. The van der Waals surface area contributed by atoms with Gasteiger partial charge in [-0.1, -0.05) is 60.2 Å². The van der Waals surface area contributed by atoms with Gasteiger partial charge in [0.1, 0.15) is 11.3 Å². The second-order valence-corrected chi connectivity index (χ2v) is 6.83. The Bertz CT molecular complexity index is 1190. The Morgan fingerprint density at radius 1 is 1.00 bits per heavy atom. The lowest BCUT2D eigenvalue weighted by molar-refractivity contribution is -0.384. The van der Waals surface area contributed by atoms with Crippen LogP contribution in [0.3, 0.4) is 0 Å². The van der Waals surface area contributed by atoms with Crippen LogP contribution in [0.5, 0.6) is 0 Å². The number of hydrogen-bond acceptors (Lipinski definition) is 4. The van der Waals surface area contributed by atoms with E-state index in [0.29, 0.717) is 23.1 Å². The zero-order valence-electron chi connectivity index (χ0n) is 15.7. The average molecular weight is 387 g/mol. The van der Waals surface area contributed by atoms with Crippen molar-refractivity contribution in [3.8, 4) is 0 Å². The molecule has 1 N–H and O–H groups in total. The van der Waals surface area contributed by atoms with Crippen LogP contribution in [-0.2, 0) is 6.42 Å². The minimum absolute atomic E-state index is 0.0300. The van der Waals surface area contributed by atoms with Crippen LogP contribution in [0.25, 0.3) is 10.9 Å². The van der Waals surface area contributed by atoms with Crippen LogP contribution < -0.4 is 5.32 Å². The first-order valence-corrected chi connectivity index (χ1v) is 9.16. The van der Waals surface area contributed by atoms with Crippen molar-refractivity contribution in [3.05, 3.63) is 105 Å². The van der Waals surface area contributed by atoms with Gasteiger partial charge in [0, 0.05) is 23.1 Å². The number of benzene rings is 3. The lowest BCUT2D eigenvalue weighted by atomic mass is 9.99. The Morgan fingerprint density at radius 2 is 1.72 bits per heavy atom. The first-order chi connectivity index (χ1) is 14.0. The molecule has 5 nitrogen and oxygen atoms in total. The van der Waals surface area contributed by atoms with E-state index >= 15 is 0 Å². The van der Waals surface area contributed by atoms with Gasteiger partial charge >= 0.3 is 5.69 Å². The molecule has 0 saturated carbocycles. The number of pyridine rings is 1. The van der Waals surface area contributed by atoms with Crippen LogP contribution >= 0.6 is 0 Å². The van der Waals surface area contributed by atoms with Crippen LogP contribution in [0.2, 0.25) is 0 Å².